The number of carbonyl (C=O) groups is 2. The number of carbonyl (C=O) groups excluding carboxylic acids is 2. The molecule has 0 bridgehead atoms. The van der Waals surface area contributed by atoms with Gasteiger partial charge in [0.25, 0.3) is 0 Å². The first-order valence-corrected chi connectivity index (χ1v) is 9.72. The Kier molecular flexibility index (Phi) is 3.71. The molecular weight excluding hydrogens is 300 g/mol. The molecule has 0 aliphatic heterocycles. The first-order valence-electron chi connectivity index (χ1n) is 9.72. The van der Waals surface area contributed by atoms with E-state index in [4.69, 9.17) is 4.74 Å². The topological polar surface area (TPSA) is 43.4 Å². The second-order valence-electron chi connectivity index (χ2n) is 9.17. The Morgan fingerprint density at radius 1 is 1.08 bits per heavy atom. The minimum Gasteiger partial charge on any atom is -0.469 e. The SMILES string of the molecule is COC(=O)[C@@H]1CC[C@@H]2[C@H]3CCC4=CC(=O)CC[C@@]4(C)[C@@H]3CC[C@]21C. The summed E-state index contributed by atoms with van der Waals surface area (Å²) in [5.41, 5.74) is 1.77. The maximum Gasteiger partial charge on any atom is 0.309 e. The van der Waals surface area contributed by atoms with Crippen LogP contribution in [0.3, 0.4) is 0 Å². The van der Waals surface area contributed by atoms with Crippen molar-refractivity contribution in [3.05, 3.63) is 11.6 Å². The quantitative estimate of drug-likeness (QED) is 0.673. The van der Waals surface area contributed by atoms with Gasteiger partial charge in [-0.05, 0) is 79.6 Å². The van der Waals surface area contributed by atoms with Gasteiger partial charge in [0.2, 0.25) is 0 Å². The van der Waals surface area contributed by atoms with Crippen LogP contribution in [0.4, 0.5) is 0 Å². The molecule has 6 atom stereocenters. The molecule has 4 rings (SSSR count). The van der Waals surface area contributed by atoms with Crippen LogP contribution < -0.4 is 0 Å². The highest BCUT2D eigenvalue weighted by atomic mass is 16.5. The van der Waals surface area contributed by atoms with E-state index in [1.807, 2.05) is 6.08 Å². The van der Waals surface area contributed by atoms with Crippen molar-refractivity contribution < 1.29 is 14.3 Å². The van der Waals surface area contributed by atoms with Gasteiger partial charge in [-0.1, -0.05) is 19.4 Å². The van der Waals surface area contributed by atoms with Gasteiger partial charge >= 0.3 is 5.97 Å². The van der Waals surface area contributed by atoms with E-state index in [9.17, 15) is 9.59 Å². The Morgan fingerprint density at radius 2 is 1.88 bits per heavy atom. The lowest BCUT2D eigenvalue weighted by Crippen LogP contribution is -2.51. The number of hydrogen-bond donors (Lipinski definition) is 0. The fraction of sp³-hybridized carbons (Fsp3) is 0.810. The summed E-state index contributed by atoms with van der Waals surface area (Å²) in [5, 5.41) is 0. The molecule has 24 heavy (non-hydrogen) atoms. The van der Waals surface area contributed by atoms with Gasteiger partial charge in [-0.15, -0.1) is 0 Å². The zero-order valence-corrected chi connectivity index (χ0v) is 15.3. The van der Waals surface area contributed by atoms with Crippen molar-refractivity contribution in [3.63, 3.8) is 0 Å². The van der Waals surface area contributed by atoms with Crippen molar-refractivity contribution in [1.29, 1.82) is 0 Å². The molecule has 0 aromatic carbocycles. The van der Waals surface area contributed by atoms with Gasteiger partial charge in [0, 0.05) is 6.42 Å². The maximum absolute atomic E-state index is 12.3. The molecule has 3 saturated carbocycles. The molecule has 3 nitrogen and oxygen atoms in total. The molecule has 3 fully saturated rings. The number of rotatable bonds is 1. The normalized spacial score (nSPS) is 47.3. The molecule has 3 heteroatoms. The Bertz CT molecular complexity index is 606. The molecular formula is C21H30O3. The number of methoxy groups -OCH3 is 1. The van der Waals surface area contributed by atoms with Crippen LogP contribution >= 0.6 is 0 Å². The van der Waals surface area contributed by atoms with Crippen molar-refractivity contribution >= 4 is 11.8 Å². The highest BCUT2D eigenvalue weighted by Gasteiger charge is 2.60. The molecule has 0 spiro atoms. The van der Waals surface area contributed by atoms with Crippen LogP contribution in [0.25, 0.3) is 0 Å². The third-order valence-corrected chi connectivity index (χ3v) is 8.45. The highest BCUT2D eigenvalue weighted by molar-refractivity contribution is 5.91. The van der Waals surface area contributed by atoms with Crippen molar-refractivity contribution in [2.75, 3.05) is 7.11 Å². The summed E-state index contributed by atoms with van der Waals surface area (Å²) in [7, 11) is 1.53. The van der Waals surface area contributed by atoms with Gasteiger partial charge < -0.3 is 4.74 Å². The minimum atomic E-state index is 0.00400. The standard InChI is InChI=1S/C21H30O3/c1-20-10-8-14(22)12-13(20)4-5-15-16-6-7-18(19(23)24-3)21(16,2)11-9-17(15)20/h12,15-18H,4-11H2,1-3H3/t15-,16-,17-,18+,20-,21-/m1/s1. The van der Waals surface area contributed by atoms with Crippen molar-refractivity contribution in [2.24, 2.45) is 34.5 Å². The number of ether oxygens (including phenoxy) is 1. The molecule has 0 aromatic rings. The monoisotopic (exact) mass is 330 g/mol. The maximum atomic E-state index is 12.3. The van der Waals surface area contributed by atoms with Crippen LogP contribution in [0.5, 0.6) is 0 Å². The van der Waals surface area contributed by atoms with Crippen LogP contribution in [0.15, 0.2) is 11.6 Å². The third kappa shape index (κ3) is 2.09. The lowest BCUT2D eigenvalue weighted by molar-refractivity contribution is -0.152. The number of fused-ring (bicyclic) bond motifs is 5. The second-order valence-corrected chi connectivity index (χ2v) is 9.17. The van der Waals surface area contributed by atoms with E-state index in [1.165, 1.54) is 31.9 Å². The van der Waals surface area contributed by atoms with Crippen LogP contribution in [-0.4, -0.2) is 18.9 Å². The Balaban J connectivity index is 1.65. The first-order chi connectivity index (χ1) is 11.4. The molecule has 0 radical (unpaired) electrons. The lowest BCUT2D eigenvalue weighted by atomic mass is 9.47. The van der Waals surface area contributed by atoms with Crippen LogP contribution in [0.1, 0.15) is 65.2 Å². The lowest BCUT2D eigenvalue weighted by Gasteiger charge is -2.57. The van der Waals surface area contributed by atoms with Crippen molar-refractivity contribution in [2.45, 2.75) is 65.2 Å². The van der Waals surface area contributed by atoms with E-state index in [0.717, 1.165) is 32.1 Å². The minimum absolute atomic E-state index is 0.00400. The summed E-state index contributed by atoms with van der Waals surface area (Å²) in [6.07, 6.45) is 10.5. The van der Waals surface area contributed by atoms with Gasteiger partial charge in [-0.3, -0.25) is 9.59 Å². The largest absolute Gasteiger partial charge is 0.469 e. The first kappa shape index (κ1) is 16.4. The number of ketones is 1. The average molecular weight is 330 g/mol. The van der Waals surface area contributed by atoms with Gasteiger partial charge in [0.1, 0.15) is 0 Å². The van der Waals surface area contributed by atoms with Crippen molar-refractivity contribution in [3.8, 4) is 0 Å². The molecule has 0 aromatic heterocycles. The summed E-state index contributed by atoms with van der Waals surface area (Å²) < 4.78 is 5.12. The number of hydrogen-bond acceptors (Lipinski definition) is 3. The highest BCUT2D eigenvalue weighted by Crippen LogP contribution is 2.66. The summed E-state index contributed by atoms with van der Waals surface area (Å²) in [5.74, 6) is 2.48. The van der Waals surface area contributed by atoms with Crippen LogP contribution in [0.2, 0.25) is 0 Å². The van der Waals surface area contributed by atoms with Crippen molar-refractivity contribution in [1.82, 2.24) is 0 Å². The van der Waals surface area contributed by atoms with E-state index in [-0.39, 0.29) is 22.7 Å². The zero-order chi connectivity index (χ0) is 17.1. The Labute approximate surface area is 145 Å². The summed E-state index contributed by atoms with van der Waals surface area (Å²) in [6.45, 7) is 4.76. The molecule has 0 amide bonds. The van der Waals surface area contributed by atoms with Gasteiger partial charge in [-0.25, -0.2) is 0 Å². The van der Waals surface area contributed by atoms with E-state index in [1.54, 1.807) is 0 Å². The van der Waals surface area contributed by atoms with E-state index in [0.29, 0.717) is 23.5 Å². The molecule has 132 valence electrons. The fourth-order valence-electron chi connectivity index (χ4n) is 7.09. The molecule has 4 aliphatic carbocycles. The van der Waals surface area contributed by atoms with E-state index >= 15 is 0 Å². The molecule has 0 heterocycles. The average Bonchev–Trinajstić information content (AvgIpc) is 2.92. The molecule has 4 aliphatic rings. The fourth-order valence-corrected chi connectivity index (χ4v) is 7.09. The third-order valence-electron chi connectivity index (χ3n) is 8.45. The summed E-state index contributed by atoms with van der Waals surface area (Å²) in [6, 6.07) is 0. The number of esters is 1. The second kappa shape index (κ2) is 5.44. The Morgan fingerprint density at radius 3 is 2.62 bits per heavy atom. The molecule has 0 N–H and O–H groups in total. The van der Waals surface area contributed by atoms with Gasteiger partial charge in [-0.2, -0.15) is 0 Å². The predicted molar refractivity (Wildman–Crippen MR) is 92.2 cm³/mol. The van der Waals surface area contributed by atoms with Crippen LogP contribution in [-0.2, 0) is 14.3 Å². The smallest absolute Gasteiger partial charge is 0.309 e. The van der Waals surface area contributed by atoms with Crippen LogP contribution in [0, 0.1) is 34.5 Å². The number of allylic oxidation sites excluding steroid dienone is 1. The molecule has 0 saturated heterocycles. The predicted octanol–water partition coefficient (Wildman–Crippen LogP) is 4.31. The van der Waals surface area contributed by atoms with E-state index < -0.39 is 0 Å². The molecule has 0 unspecified atom stereocenters. The summed E-state index contributed by atoms with van der Waals surface area (Å²) in [4.78, 5) is 24.2. The van der Waals surface area contributed by atoms with Gasteiger partial charge in [0.15, 0.2) is 5.78 Å². The summed E-state index contributed by atoms with van der Waals surface area (Å²) >= 11 is 0. The zero-order valence-electron chi connectivity index (χ0n) is 15.3. The van der Waals surface area contributed by atoms with Gasteiger partial charge in [0.05, 0.1) is 13.0 Å². The van der Waals surface area contributed by atoms with E-state index in [2.05, 4.69) is 13.8 Å². The Hall–Kier alpha value is -1.12.